The molecule has 0 saturated carbocycles. The summed E-state index contributed by atoms with van der Waals surface area (Å²) >= 11 is 0. The number of likely N-dealkylation sites (tertiary alicyclic amines) is 1. The van der Waals surface area contributed by atoms with Crippen molar-refractivity contribution in [1.82, 2.24) is 9.80 Å². The monoisotopic (exact) mass is 417 g/mol. The lowest BCUT2D eigenvalue weighted by Crippen LogP contribution is -2.35. The number of nitriles is 1. The molecule has 0 spiro atoms. The van der Waals surface area contributed by atoms with Gasteiger partial charge in [0.1, 0.15) is 0 Å². The van der Waals surface area contributed by atoms with Crippen LogP contribution < -0.4 is 11.1 Å². The number of benzene rings is 2. The molecule has 0 bridgehead atoms. The summed E-state index contributed by atoms with van der Waals surface area (Å²) in [6.07, 6.45) is 2.09. The molecular weight excluding hydrogens is 386 g/mol. The van der Waals surface area contributed by atoms with Crippen molar-refractivity contribution in [3.8, 4) is 6.07 Å². The fourth-order valence-corrected chi connectivity index (χ4v) is 3.94. The fourth-order valence-electron chi connectivity index (χ4n) is 3.94. The van der Waals surface area contributed by atoms with Crippen LogP contribution in [0, 0.1) is 18.3 Å². The molecule has 0 atom stereocenters. The molecule has 6 heteroatoms. The maximum absolute atomic E-state index is 12.4. The second-order valence-corrected chi connectivity index (χ2v) is 8.11. The molecule has 1 fully saturated rings. The number of carbonyl (C=O) groups is 1. The van der Waals surface area contributed by atoms with E-state index in [-0.39, 0.29) is 6.03 Å². The largest absolute Gasteiger partial charge is 0.371 e. The third kappa shape index (κ3) is 5.44. The third-order valence-electron chi connectivity index (χ3n) is 6.01. The summed E-state index contributed by atoms with van der Waals surface area (Å²) in [4.78, 5) is 16.3. The van der Waals surface area contributed by atoms with Gasteiger partial charge in [0.05, 0.1) is 11.6 Å². The van der Waals surface area contributed by atoms with Crippen LogP contribution in [0.15, 0.2) is 49.0 Å². The predicted octanol–water partition coefficient (Wildman–Crippen LogP) is 4.14. The van der Waals surface area contributed by atoms with Crippen molar-refractivity contribution >= 4 is 17.4 Å². The van der Waals surface area contributed by atoms with E-state index in [2.05, 4.69) is 41.1 Å². The van der Waals surface area contributed by atoms with Crippen molar-refractivity contribution in [2.45, 2.75) is 25.7 Å². The van der Waals surface area contributed by atoms with Gasteiger partial charge in [0.25, 0.3) is 0 Å². The molecule has 3 rings (SSSR count). The lowest BCUT2D eigenvalue weighted by atomic mass is 9.88. The van der Waals surface area contributed by atoms with Crippen LogP contribution >= 0.6 is 0 Å². The van der Waals surface area contributed by atoms with Crippen LogP contribution in [0.25, 0.3) is 5.70 Å². The van der Waals surface area contributed by atoms with Gasteiger partial charge in [-0.15, -0.1) is 0 Å². The Bertz CT molecular complexity index is 968. The van der Waals surface area contributed by atoms with E-state index in [1.54, 1.807) is 11.9 Å². The van der Waals surface area contributed by atoms with Crippen molar-refractivity contribution in [3.63, 3.8) is 0 Å². The number of hydrogen-bond acceptors (Lipinski definition) is 4. The van der Waals surface area contributed by atoms with Gasteiger partial charge in [-0.3, -0.25) is 0 Å². The maximum atomic E-state index is 12.4. The van der Waals surface area contributed by atoms with Gasteiger partial charge in [-0.05, 0) is 60.6 Å². The summed E-state index contributed by atoms with van der Waals surface area (Å²) < 4.78 is 0. The van der Waals surface area contributed by atoms with Gasteiger partial charge in [-0.1, -0.05) is 30.8 Å². The normalized spacial score (nSPS) is 14.1. The maximum Gasteiger partial charge on any atom is 0.321 e. The average Bonchev–Trinajstić information content (AvgIpc) is 2.80. The Morgan fingerprint density at radius 3 is 2.55 bits per heavy atom. The first-order valence-electron chi connectivity index (χ1n) is 10.7. The molecule has 31 heavy (non-hydrogen) atoms. The molecule has 0 aromatic heterocycles. The number of nitrogens with zero attached hydrogens (tertiary/aromatic N) is 3. The van der Waals surface area contributed by atoms with Crippen molar-refractivity contribution in [2.24, 2.45) is 5.73 Å². The molecule has 1 aliphatic heterocycles. The second-order valence-electron chi connectivity index (χ2n) is 8.11. The number of hydrogen-bond donors (Lipinski definition) is 2. The van der Waals surface area contributed by atoms with Crippen LogP contribution in [0.2, 0.25) is 0 Å². The predicted molar refractivity (Wildman–Crippen MR) is 126 cm³/mol. The summed E-state index contributed by atoms with van der Waals surface area (Å²) in [5.41, 5.74) is 11.3. The number of nitrogens with two attached hydrogens (primary N) is 1. The number of carbonyl (C=O) groups excluding carboxylic acids is 1. The number of piperidine rings is 1. The zero-order valence-corrected chi connectivity index (χ0v) is 18.4. The number of urea groups is 1. The smallest absolute Gasteiger partial charge is 0.321 e. The van der Waals surface area contributed by atoms with Gasteiger partial charge in [-0.25, -0.2) is 4.79 Å². The van der Waals surface area contributed by atoms with E-state index in [0.717, 1.165) is 48.4 Å². The molecule has 3 N–H and O–H groups in total. The van der Waals surface area contributed by atoms with Crippen LogP contribution in [-0.2, 0) is 0 Å². The molecule has 1 saturated heterocycles. The Balaban J connectivity index is 1.64. The fraction of sp³-hybridized carbons (Fsp3) is 0.360. The average molecular weight is 418 g/mol. The molecule has 2 aromatic rings. The molecule has 0 aliphatic carbocycles. The Hall–Kier alpha value is -3.30. The van der Waals surface area contributed by atoms with E-state index < -0.39 is 0 Å². The Kier molecular flexibility index (Phi) is 7.32. The van der Waals surface area contributed by atoms with Crippen LogP contribution in [0.4, 0.5) is 10.5 Å². The summed E-state index contributed by atoms with van der Waals surface area (Å²) in [7, 11) is 1.73. The zero-order valence-electron chi connectivity index (χ0n) is 18.4. The van der Waals surface area contributed by atoms with Gasteiger partial charge < -0.3 is 20.9 Å². The molecule has 0 unspecified atom stereocenters. The second kappa shape index (κ2) is 10.1. The molecular formula is C25H31N5O. The first kappa shape index (κ1) is 22.4. The molecule has 162 valence electrons. The molecule has 1 aliphatic rings. The Labute approximate surface area is 185 Å². The Morgan fingerprint density at radius 1 is 1.26 bits per heavy atom. The zero-order chi connectivity index (χ0) is 22.4. The van der Waals surface area contributed by atoms with E-state index in [9.17, 15) is 4.79 Å². The highest BCUT2D eigenvalue weighted by Crippen LogP contribution is 2.32. The molecule has 1 heterocycles. The highest BCUT2D eigenvalue weighted by atomic mass is 16.2. The highest BCUT2D eigenvalue weighted by Gasteiger charge is 2.22. The number of anilines is 1. The molecule has 0 radical (unpaired) electrons. The SMILES string of the molecule is C=C(c1ccc(C)c(NC(=O)N(C)CCN)c1)N1CCC(c2ccc(C#N)cc2)CC1. The van der Waals surface area contributed by atoms with E-state index in [1.807, 2.05) is 31.2 Å². The first-order chi connectivity index (χ1) is 14.9. The van der Waals surface area contributed by atoms with Gasteiger partial charge in [-0.2, -0.15) is 5.26 Å². The van der Waals surface area contributed by atoms with Crippen LogP contribution in [-0.4, -0.2) is 49.1 Å². The number of amides is 2. The lowest BCUT2D eigenvalue weighted by molar-refractivity contribution is 0.223. The first-order valence-corrected chi connectivity index (χ1v) is 10.7. The third-order valence-corrected chi connectivity index (χ3v) is 6.01. The van der Waals surface area contributed by atoms with Crippen LogP contribution in [0.3, 0.4) is 0 Å². The minimum Gasteiger partial charge on any atom is -0.371 e. The molecule has 2 amide bonds. The van der Waals surface area contributed by atoms with Crippen LogP contribution in [0.5, 0.6) is 0 Å². The highest BCUT2D eigenvalue weighted by molar-refractivity contribution is 5.90. The number of rotatable bonds is 6. The van der Waals surface area contributed by atoms with E-state index in [0.29, 0.717) is 24.6 Å². The van der Waals surface area contributed by atoms with Gasteiger partial charge >= 0.3 is 6.03 Å². The standard InChI is InChI=1S/C25H31N5O/c1-18-4-7-23(16-24(18)28-25(31)29(3)15-12-26)19(2)30-13-10-22(11-14-30)21-8-5-20(17-27)6-9-21/h4-9,16,22H,2,10-15,26H2,1,3H3,(H,28,31). The Morgan fingerprint density at radius 2 is 1.94 bits per heavy atom. The minimum atomic E-state index is -0.167. The van der Waals surface area contributed by atoms with E-state index in [4.69, 9.17) is 11.0 Å². The van der Waals surface area contributed by atoms with Crippen molar-refractivity contribution < 1.29 is 4.79 Å². The van der Waals surface area contributed by atoms with Gasteiger partial charge in [0, 0.05) is 44.6 Å². The topological polar surface area (TPSA) is 85.4 Å². The van der Waals surface area contributed by atoms with Gasteiger partial charge in [0.2, 0.25) is 0 Å². The molecule has 2 aromatic carbocycles. The number of likely N-dealkylation sites (N-methyl/N-ethyl adjacent to an activating group) is 1. The van der Waals surface area contributed by atoms with Crippen LogP contribution in [0.1, 0.15) is 41.0 Å². The lowest BCUT2D eigenvalue weighted by Gasteiger charge is -2.35. The quantitative estimate of drug-likeness (QED) is 0.740. The summed E-state index contributed by atoms with van der Waals surface area (Å²) in [5, 5.41) is 12.0. The molecule has 6 nitrogen and oxygen atoms in total. The van der Waals surface area contributed by atoms with Gasteiger partial charge in [0.15, 0.2) is 0 Å². The summed E-state index contributed by atoms with van der Waals surface area (Å²) in [6, 6.07) is 16.0. The number of nitrogens with one attached hydrogen (secondary N) is 1. The minimum absolute atomic E-state index is 0.167. The summed E-state index contributed by atoms with van der Waals surface area (Å²) in [5.74, 6) is 0.503. The van der Waals surface area contributed by atoms with Crippen molar-refractivity contribution in [2.75, 3.05) is 38.5 Å². The van der Waals surface area contributed by atoms with Crippen molar-refractivity contribution in [3.05, 3.63) is 71.3 Å². The number of aryl methyl sites for hydroxylation is 1. The van der Waals surface area contributed by atoms with E-state index >= 15 is 0 Å². The van der Waals surface area contributed by atoms with Crippen molar-refractivity contribution in [1.29, 1.82) is 5.26 Å². The summed E-state index contributed by atoms with van der Waals surface area (Å²) in [6.45, 7) is 9.11. The van der Waals surface area contributed by atoms with E-state index in [1.165, 1.54) is 5.56 Å².